The van der Waals surface area contributed by atoms with Crippen molar-refractivity contribution < 1.29 is 17.9 Å². The Morgan fingerprint density at radius 2 is 1.54 bits per heavy atom. The van der Waals surface area contributed by atoms with Crippen molar-refractivity contribution in [2.45, 2.75) is 62.4 Å². The lowest BCUT2D eigenvalue weighted by Gasteiger charge is -2.31. The molecule has 1 aromatic carbocycles. The molecule has 144 valence electrons. The fraction of sp³-hybridized carbons (Fsp3) is 0.632. The predicted molar refractivity (Wildman–Crippen MR) is 101 cm³/mol. The van der Waals surface area contributed by atoms with E-state index in [0.29, 0.717) is 31.0 Å². The zero-order valence-electron chi connectivity index (χ0n) is 14.9. The minimum atomic E-state index is -3.54. The Labute approximate surface area is 160 Å². The second kappa shape index (κ2) is 8.72. The van der Waals surface area contributed by atoms with Gasteiger partial charge in [0, 0.05) is 18.1 Å². The van der Waals surface area contributed by atoms with E-state index < -0.39 is 10.0 Å². The molecule has 0 bridgehead atoms. The van der Waals surface area contributed by atoms with Crippen molar-refractivity contribution in [1.82, 2.24) is 4.31 Å². The monoisotopic (exact) mass is 399 g/mol. The molecule has 2 aliphatic rings. The molecule has 0 N–H and O–H groups in total. The molecule has 0 amide bonds. The van der Waals surface area contributed by atoms with Crippen molar-refractivity contribution >= 4 is 27.6 Å². The number of nitrogens with zero attached hydrogens (tertiary/aromatic N) is 1. The molecule has 1 saturated carbocycles. The largest absolute Gasteiger partial charge is 0.462 e. The molecular formula is C19H26ClNO4S. The predicted octanol–water partition coefficient (Wildman–Crippen LogP) is 4.01. The van der Waals surface area contributed by atoms with Crippen LogP contribution in [0.4, 0.5) is 0 Å². The van der Waals surface area contributed by atoms with Gasteiger partial charge in [-0.15, -0.1) is 0 Å². The van der Waals surface area contributed by atoms with Gasteiger partial charge in [-0.05, 0) is 62.8 Å². The minimum absolute atomic E-state index is 0.0424. The van der Waals surface area contributed by atoms with Gasteiger partial charge in [0.2, 0.25) is 10.0 Å². The molecular weight excluding hydrogens is 374 g/mol. The number of carbonyl (C=O) groups excluding carboxylic acids is 1. The maximum atomic E-state index is 12.7. The Balaban J connectivity index is 1.54. The summed E-state index contributed by atoms with van der Waals surface area (Å²) >= 11 is 5.83. The number of ether oxygens (including phenoxy) is 1. The standard InChI is InChI=1S/C19H26ClNO4S/c20-16-7-9-18(10-8-16)26(23,24)21-13-11-15(12-14-21)19(22)25-17-5-3-1-2-4-6-17/h7-10,15,17H,1-6,11-14H2. The summed E-state index contributed by atoms with van der Waals surface area (Å²) in [6, 6.07) is 6.19. The summed E-state index contributed by atoms with van der Waals surface area (Å²) in [4.78, 5) is 12.7. The number of esters is 1. The molecule has 1 aliphatic heterocycles. The molecule has 1 saturated heterocycles. The van der Waals surface area contributed by atoms with Crippen molar-refractivity contribution in [1.29, 1.82) is 0 Å². The Morgan fingerprint density at radius 1 is 0.962 bits per heavy atom. The van der Waals surface area contributed by atoms with Gasteiger partial charge in [-0.2, -0.15) is 4.31 Å². The van der Waals surface area contributed by atoms with Gasteiger partial charge in [0.05, 0.1) is 10.8 Å². The molecule has 2 fully saturated rings. The number of hydrogen-bond acceptors (Lipinski definition) is 4. The van der Waals surface area contributed by atoms with Gasteiger partial charge in [-0.3, -0.25) is 4.79 Å². The number of rotatable bonds is 4. The topological polar surface area (TPSA) is 63.7 Å². The molecule has 0 radical (unpaired) electrons. The van der Waals surface area contributed by atoms with Crippen molar-refractivity contribution in [3.8, 4) is 0 Å². The van der Waals surface area contributed by atoms with Crippen LogP contribution in [-0.2, 0) is 19.6 Å². The van der Waals surface area contributed by atoms with E-state index in [1.54, 1.807) is 12.1 Å². The minimum Gasteiger partial charge on any atom is -0.462 e. The highest BCUT2D eigenvalue weighted by molar-refractivity contribution is 7.89. The summed E-state index contributed by atoms with van der Waals surface area (Å²) in [6.45, 7) is 0.685. The summed E-state index contributed by atoms with van der Waals surface area (Å²) < 4.78 is 32.6. The van der Waals surface area contributed by atoms with Crippen LogP contribution in [0.25, 0.3) is 0 Å². The maximum Gasteiger partial charge on any atom is 0.309 e. The zero-order chi connectivity index (χ0) is 18.6. The number of halogens is 1. The second-order valence-electron chi connectivity index (χ2n) is 7.18. The van der Waals surface area contributed by atoms with Gasteiger partial charge in [0.1, 0.15) is 6.10 Å². The van der Waals surface area contributed by atoms with Crippen LogP contribution in [0.1, 0.15) is 51.4 Å². The van der Waals surface area contributed by atoms with Crippen LogP contribution in [0, 0.1) is 5.92 Å². The third-order valence-corrected chi connectivity index (χ3v) is 7.49. The van der Waals surface area contributed by atoms with E-state index in [-0.39, 0.29) is 22.9 Å². The summed E-state index contributed by atoms with van der Waals surface area (Å²) in [6.07, 6.45) is 7.65. The molecule has 1 aliphatic carbocycles. The van der Waals surface area contributed by atoms with Crippen LogP contribution in [0.3, 0.4) is 0 Å². The molecule has 3 rings (SSSR count). The van der Waals surface area contributed by atoms with E-state index in [0.717, 1.165) is 25.7 Å². The van der Waals surface area contributed by atoms with Crippen molar-refractivity contribution in [2.75, 3.05) is 13.1 Å². The van der Waals surface area contributed by atoms with Crippen LogP contribution in [-0.4, -0.2) is 37.9 Å². The average Bonchev–Trinajstić information content (AvgIpc) is 2.91. The third kappa shape index (κ3) is 4.78. The van der Waals surface area contributed by atoms with Gasteiger partial charge in [-0.1, -0.05) is 24.4 Å². The lowest BCUT2D eigenvalue weighted by molar-refractivity contribution is -0.156. The highest BCUT2D eigenvalue weighted by Gasteiger charge is 2.33. The lowest BCUT2D eigenvalue weighted by atomic mass is 9.98. The first-order valence-corrected chi connectivity index (χ1v) is 11.2. The molecule has 7 heteroatoms. The smallest absolute Gasteiger partial charge is 0.309 e. The van der Waals surface area contributed by atoms with Gasteiger partial charge in [0.15, 0.2) is 0 Å². The van der Waals surface area contributed by atoms with Crippen molar-refractivity contribution in [3.05, 3.63) is 29.3 Å². The molecule has 0 aromatic heterocycles. The van der Waals surface area contributed by atoms with Crippen molar-refractivity contribution in [2.24, 2.45) is 5.92 Å². The molecule has 26 heavy (non-hydrogen) atoms. The first kappa shape index (κ1) is 19.6. The highest BCUT2D eigenvalue weighted by atomic mass is 35.5. The number of hydrogen-bond donors (Lipinski definition) is 0. The normalized spacial score (nSPS) is 21.3. The second-order valence-corrected chi connectivity index (χ2v) is 9.56. The molecule has 0 atom stereocenters. The average molecular weight is 400 g/mol. The molecule has 0 unspecified atom stereocenters. The summed E-state index contributed by atoms with van der Waals surface area (Å²) in [5.74, 6) is -0.352. The molecule has 5 nitrogen and oxygen atoms in total. The third-order valence-electron chi connectivity index (χ3n) is 5.32. The van der Waals surface area contributed by atoms with Crippen molar-refractivity contribution in [3.63, 3.8) is 0 Å². The van der Waals surface area contributed by atoms with E-state index in [9.17, 15) is 13.2 Å². The lowest BCUT2D eigenvalue weighted by Crippen LogP contribution is -2.41. The van der Waals surface area contributed by atoms with Crippen LogP contribution in [0.15, 0.2) is 29.2 Å². The van der Waals surface area contributed by atoms with Crippen LogP contribution < -0.4 is 0 Å². The number of piperidine rings is 1. The van der Waals surface area contributed by atoms with Gasteiger partial charge >= 0.3 is 5.97 Å². The van der Waals surface area contributed by atoms with Crippen LogP contribution in [0.5, 0.6) is 0 Å². The van der Waals surface area contributed by atoms with Gasteiger partial charge < -0.3 is 4.74 Å². The molecule has 1 heterocycles. The van der Waals surface area contributed by atoms with Gasteiger partial charge in [-0.25, -0.2) is 8.42 Å². The molecule has 1 aromatic rings. The van der Waals surface area contributed by atoms with Crippen LogP contribution >= 0.6 is 11.6 Å². The fourth-order valence-corrected chi connectivity index (χ4v) is 5.30. The maximum absolute atomic E-state index is 12.7. The first-order valence-electron chi connectivity index (χ1n) is 9.43. The summed E-state index contributed by atoms with van der Waals surface area (Å²) in [7, 11) is -3.54. The Bertz CT molecular complexity index is 704. The number of carbonyl (C=O) groups is 1. The summed E-state index contributed by atoms with van der Waals surface area (Å²) in [5, 5.41) is 0.504. The summed E-state index contributed by atoms with van der Waals surface area (Å²) in [5.41, 5.74) is 0. The number of sulfonamides is 1. The van der Waals surface area contributed by atoms with E-state index >= 15 is 0 Å². The Hall–Kier alpha value is -1.11. The first-order chi connectivity index (χ1) is 12.5. The van der Waals surface area contributed by atoms with E-state index in [4.69, 9.17) is 16.3 Å². The van der Waals surface area contributed by atoms with E-state index in [1.165, 1.54) is 29.3 Å². The quantitative estimate of drug-likeness (QED) is 0.566. The van der Waals surface area contributed by atoms with Gasteiger partial charge in [0.25, 0.3) is 0 Å². The van der Waals surface area contributed by atoms with E-state index in [2.05, 4.69) is 0 Å². The Kier molecular flexibility index (Phi) is 6.59. The molecule has 0 spiro atoms. The van der Waals surface area contributed by atoms with E-state index in [1.807, 2.05) is 0 Å². The zero-order valence-corrected chi connectivity index (χ0v) is 16.5. The fourth-order valence-electron chi connectivity index (χ4n) is 3.71. The van der Waals surface area contributed by atoms with Crippen LogP contribution in [0.2, 0.25) is 5.02 Å². The SMILES string of the molecule is O=C(OC1CCCCCC1)C1CCN(S(=O)(=O)c2ccc(Cl)cc2)CC1. The number of benzene rings is 1. The highest BCUT2D eigenvalue weighted by Crippen LogP contribution is 2.27. The Morgan fingerprint density at radius 3 is 2.12 bits per heavy atom.